The van der Waals surface area contributed by atoms with Crippen LogP contribution in [0.2, 0.25) is 5.82 Å². The van der Waals surface area contributed by atoms with E-state index in [0.717, 1.165) is 0 Å². The van der Waals surface area contributed by atoms with Gasteiger partial charge in [-0.25, -0.2) is 0 Å². The molecule has 0 spiro atoms. The number of hydrogen-bond acceptors (Lipinski definition) is 0. The molecular formula is C4H7BF3K. The molecule has 0 saturated heterocycles. The van der Waals surface area contributed by atoms with Gasteiger partial charge in [-0.15, -0.1) is 0 Å². The van der Waals surface area contributed by atoms with Gasteiger partial charge in [0.1, 0.15) is 0 Å². The molecule has 0 heterocycles. The fourth-order valence-corrected chi connectivity index (χ4v) is 0.878. The molecule has 1 fully saturated rings. The Balaban J connectivity index is 0.000000640. The fourth-order valence-electron chi connectivity index (χ4n) is 0.878. The first-order valence-electron chi connectivity index (χ1n) is 2.72. The number of hydrogen-bond donors (Lipinski definition) is 0. The van der Waals surface area contributed by atoms with E-state index in [9.17, 15) is 12.9 Å². The van der Waals surface area contributed by atoms with Gasteiger partial charge < -0.3 is 12.9 Å². The standard InChI is InChI=1S/C4H7BF3.K/c1-3-2-4(3)5(6,7)8;/h3-4H,2H2,1H3;/q-1;+1. The summed E-state index contributed by atoms with van der Waals surface area (Å²) in [6.45, 7) is -2.85. The van der Waals surface area contributed by atoms with E-state index in [4.69, 9.17) is 0 Å². The summed E-state index contributed by atoms with van der Waals surface area (Å²) in [4.78, 5) is 0. The van der Waals surface area contributed by atoms with Crippen LogP contribution in [0.4, 0.5) is 12.9 Å². The molecule has 1 aliphatic carbocycles. The summed E-state index contributed by atoms with van der Waals surface area (Å²) in [6.07, 6.45) is 0.365. The van der Waals surface area contributed by atoms with Crippen molar-refractivity contribution in [3.8, 4) is 0 Å². The zero-order chi connectivity index (χ0) is 6.36. The van der Waals surface area contributed by atoms with E-state index in [1.54, 1.807) is 6.92 Å². The summed E-state index contributed by atoms with van der Waals surface area (Å²) in [5.74, 6) is -1.01. The van der Waals surface area contributed by atoms with Crippen molar-refractivity contribution in [2.24, 2.45) is 5.92 Å². The Morgan fingerprint density at radius 2 is 1.67 bits per heavy atom. The van der Waals surface area contributed by atoms with Crippen LogP contribution in [-0.4, -0.2) is 6.98 Å². The average Bonchev–Trinajstić information content (AvgIpc) is 2.13. The first-order valence-corrected chi connectivity index (χ1v) is 2.72. The molecule has 0 nitrogen and oxygen atoms in total. The molecule has 9 heavy (non-hydrogen) atoms. The Morgan fingerprint density at radius 1 is 1.33 bits per heavy atom. The van der Waals surface area contributed by atoms with E-state index in [1.165, 1.54) is 0 Å². The predicted octanol–water partition coefficient (Wildman–Crippen LogP) is -0.752. The molecule has 2 atom stereocenters. The van der Waals surface area contributed by atoms with Gasteiger partial charge in [-0.05, 0) is 0 Å². The SMILES string of the molecule is CC1CC1[B-](F)(F)F.[K+]. The fraction of sp³-hybridized carbons (Fsp3) is 1.00. The van der Waals surface area contributed by atoms with Crippen LogP contribution in [0.3, 0.4) is 0 Å². The number of halogens is 3. The van der Waals surface area contributed by atoms with Crippen molar-refractivity contribution in [2.75, 3.05) is 0 Å². The van der Waals surface area contributed by atoms with E-state index in [0.29, 0.717) is 6.42 Å². The smallest absolute Gasteiger partial charge is 0.449 e. The van der Waals surface area contributed by atoms with Gasteiger partial charge in [0, 0.05) is 0 Å². The Morgan fingerprint density at radius 3 is 1.67 bits per heavy atom. The van der Waals surface area contributed by atoms with Crippen LogP contribution in [-0.2, 0) is 0 Å². The quantitative estimate of drug-likeness (QED) is 0.445. The maximum absolute atomic E-state index is 11.6. The van der Waals surface area contributed by atoms with E-state index >= 15 is 0 Å². The molecule has 0 aliphatic heterocycles. The summed E-state index contributed by atoms with van der Waals surface area (Å²) in [7, 11) is 0. The normalized spacial score (nSPS) is 33.3. The molecule has 1 rings (SSSR count). The Hall–Kier alpha value is 1.49. The summed E-state index contributed by atoms with van der Waals surface area (Å²) in [6, 6.07) is 0. The molecule has 0 radical (unpaired) electrons. The van der Waals surface area contributed by atoms with Crippen LogP contribution in [0.15, 0.2) is 0 Å². The van der Waals surface area contributed by atoms with Crippen LogP contribution in [0.25, 0.3) is 0 Å². The van der Waals surface area contributed by atoms with Gasteiger partial charge in [0.05, 0.1) is 0 Å². The summed E-state index contributed by atoms with van der Waals surface area (Å²) < 4.78 is 34.7. The van der Waals surface area contributed by atoms with Crippen LogP contribution < -0.4 is 51.4 Å². The second kappa shape index (κ2) is 3.26. The molecule has 1 aliphatic rings. The van der Waals surface area contributed by atoms with Crippen molar-refractivity contribution in [1.29, 1.82) is 0 Å². The monoisotopic (exact) mass is 162 g/mol. The zero-order valence-corrected chi connectivity index (χ0v) is 8.70. The first-order chi connectivity index (χ1) is 3.52. The third kappa shape index (κ3) is 2.93. The van der Waals surface area contributed by atoms with Gasteiger partial charge in [0.2, 0.25) is 0 Å². The maximum atomic E-state index is 11.6. The van der Waals surface area contributed by atoms with E-state index in [2.05, 4.69) is 0 Å². The molecule has 0 bridgehead atoms. The minimum Gasteiger partial charge on any atom is -0.449 e. The predicted molar refractivity (Wildman–Crippen MR) is 26.6 cm³/mol. The topological polar surface area (TPSA) is 0 Å². The van der Waals surface area contributed by atoms with Crippen LogP contribution in [0.1, 0.15) is 13.3 Å². The maximum Gasteiger partial charge on any atom is 1.00 e. The van der Waals surface area contributed by atoms with Crippen molar-refractivity contribution >= 4 is 6.98 Å². The molecule has 0 aromatic carbocycles. The zero-order valence-electron chi connectivity index (χ0n) is 5.57. The molecule has 0 amide bonds. The van der Waals surface area contributed by atoms with Crippen LogP contribution >= 0.6 is 0 Å². The van der Waals surface area contributed by atoms with Gasteiger partial charge in [0.25, 0.3) is 0 Å². The molecule has 5 heteroatoms. The molecule has 2 unspecified atom stereocenters. The summed E-state index contributed by atoms with van der Waals surface area (Å²) in [5.41, 5.74) is 0. The van der Waals surface area contributed by atoms with E-state index < -0.39 is 12.8 Å². The second-order valence-electron chi connectivity index (χ2n) is 2.50. The molecule has 0 aromatic heterocycles. The van der Waals surface area contributed by atoms with Crippen LogP contribution in [0.5, 0.6) is 0 Å². The molecular weight excluding hydrogens is 155 g/mol. The van der Waals surface area contributed by atoms with E-state index in [-0.39, 0.29) is 57.3 Å². The summed E-state index contributed by atoms with van der Waals surface area (Å²) >= 11 is 0. The van der Waals surface area contributed by atoms with E-state index in [1.807, 2.05) is 0 Å². The minimum atomic E-state index is -4.49. The first kappa shape index (κ1) is 10.5. The van der Waals surface area contributed by atoms with Gasteiger partial charge >= 0.3 is 58.4 Å². The largest absolute Gasteiger partial charge is 1.00 e. The third-order valence-corrected chi connectivity index (χ3v) is 1.66. The van der Waals surface area contributed by atoms with Gasteiger partial charge in [-0.2, -0.15) is 0 Å². The van der Waals surface area contributed by atoms with Crippen molar-refractivity contribution < 1.29 is 64.3 Å². The van der Waals surface area contributed by atoms with Gasteiger partial charge in [-0.1, -0.05) is 25.1 Å². The molecule has 1 saturated carbocycles. The van der Waals surface area contributed by atoms with Crippen molar-refractivity contribution in [2.45, 2.75) is 19.2 Å². The van der Waals surface area contributed by atoms with Gasteiger partial charge in [-0.3, -0.25) is 0 Å². The van der Waals surface area contributed by atoms with Crippen molar-refractivity contribution in [3.63, 3.8) is 0 Å². The van der Waals surface area contributed by atoms with Crippen molar-refractivity contribution in [3.05, 3.63) is 0 Å². The molecule has 48 valence electrons. The average molecular weight is 162 g/mol. The number of rotatable bonds is 1. The second-order valence-corrected chi connectivity index (χ2v) is 2.50. The Bertz CT molecular complexity index is 102. The minimum absolute atomic E-state index is 0. The Labute approximate surface area is 95.1 Å². The molecule has 0 aromatic rings. The van der Waals surface area contributed by atoms with Gasteiger partial charge in [0.15, 0.2) is 0 Å². The third-order valence-electron chi connectivity index (χ3n) is 1.66. The Kier molecular flexibility index (Phi) is 3.80. The van der Waals surface area contributed by atoms with Crippen LogP contribution in [0, 0.1) is 5.92 Å². The van der Waals surface area contributed by atoms with Crippen molar-refractivity contribution in [1.82, 2.24) is 0 Å². The molecule has 0 N–H and O–H groups in total. The summed E-state index contributed by atoms with van der Waals surface area (Å²) in [5, 5.41) is 0.